The average Bonchev–Trinajstić information content (AvgIpc) is 3.06. The molecule has 22 heavy (non-hydrogen) atoms. The molecule has 0 amide bonds. The number of fused-ring (bicyclic) bond motifs is 2. The predicted molar refractivity (Wildman–Crippen MR) is 77.3 cm³/mol. The molecule has 0 saturated heterocycles. The second kappa shape index (κ2) is 4.32. The zero-order valence-corrected chi connectivity index (χ0v) is 11.2. The summed E-state index contributed by atoms with van der Waals surface area (Å²) in [6.07, 6.45) is 0. The maximum absolute atomic E-state index is 12.7. The number of H-pyrrole nitrogens is 1. The summed E-state index contributed by atoms with van der Waals surface area (Å²) in [5.74, 6) is -0.205. The van der Waals surface area contributed by atoms with Crippen molar-refractivity contribution < 1.29 is 9.59 Å². The predicted octanol–water partition coefficient (Wildman–Crippen LogP) is 1.22. The molecule has 7 nitrogen and oxygen atoms in total. The summed E-state index contributed by atoms with van der Waals surface area (Å²) in [4.78, 5) is 25.2. The lowest BCUT2D eigenvalue weighted by Gasteiger charge is -2.19. The molecule has 0 aliphatic heterocycles. The van der Waals surface area contributed by atoms with Crippen LogP contribution in [0.5, 0.6) is 0 Å². The lowest BCUT2D eigenvalue weighted by atomic mass is 9.82. The maximum atomic E-state index is 12.7. The Labute approximate surface area is 124 Å². The molecular weight excluding hydrogens is 282 g/mol. The van der Waals surface area contributed by atoms with Gasteiger partial charge in [0.15, 0.2) is 11.6 Å². The number of anilines is 1. The smallest absolute Gasteiger partial charge is 0.206 e. The number of hydrogen-bond donors (Lipinski definition) is 2. The van der Waals surface area contributed by atoms with Crippen LogP contribution in [0.3, 0.4) is 0 Å². The second-order valence-electron chi connectivity index (χ2n) is 4.89. The third-order valence-corrected chi connectivity index (χ3v) is 3.72. The molecule has 1 aromatic heterocycles. The Hall–Kier alpha value is -3.35. The summed E-state index contributed by atoms with van der Waals surface area (Å²) in [6, 6.07) is 9.91. The minimum absolute atomic E-state index is 0.187. The largest absolute Gasteiger partial charge is 0.398 e. The first-order valence-corrected chi connectivity index (χ1v) is 6.53. The van der Waals surface area contributed by atoms with Crippen molar-refractivity contribution in [1.29, 1.82) is 0 Å². The first-order chi connectivity index (χ1) is 10.7. The molecule has 106 valence electrons. The van der Waals surface area contributed by atoms with E-state index in [1.165, 1.54) is 0 Å². The SMILES string of the molecule is Nc1c(-c2nn[nH]n2)ccc2c1C(=O)c1ccccc1C2=O. The molecule has 3 N–H and O–H groups in total. The highest BCUT2D eigenvalue weighted by Gasteiger charge is 2.32. The van der Waals surface area contributed by atoms with E-state index in [1.54, 1.807) is 36.4 Å². The quantitative estimate of drug-likeness (QED) is 0.510. The van der Waals surface area contributed by atoms with Crippen molar-refractivity contribution in [3.05, 3.63) is 58.7 Å². The molecule has 4 rings (SSSR count). The van der Waals surface area contributed by atoms with Gasteiger partial charge in [-0.05, 0) is 17.3 Å². The number of nitrogens with two attached hydrogens (primary N) is 1. The topological polar surface area (TPSA) is 115 Å². The van der Waals surface area contributed by atoms with Crippen LogP contribution in [0.2, 0.25) is 0 Å². The fourth-order valence-corrected chi connectivity index (χ4v) is 2.68. The number of tetrazole rings is 1. The van der Waals surface area contributed by atoms with Crippen LogP contribution in [-0.4, -0.2) is 32.2 Å². The van der Waals surface area contributed by atoms with E-state index in [0.717, 1.165) is 0 Å². The van der Waals surface area contributed by atoms with Gasteiger partial charge in [0, 0.05) is 22.3 Å². The number of carbonyl (C=O) groups excluding carboxylic acids is 2. The van der Waals surface area contributed by atoms with E-state index in [1.807, 2.05) is 0 Å². The van der Waals surface area contributed by atoms with Crippen LogP contribution in [0.4, 0.5) is 5.69 Å². The number of nitrogen functional groups attached to an aromatic ring is 1. The summed E-state index contributed by atoms with van der Waals surface area (Å²) < 4.78 is 0. The van der Waals surface area contributed by atoms with Gasteiger partial charge in [-0.15, -0.1) is 10.2 Å². The number of aromatic nitrogens is 4. The van der Waals surface area contributed by atoms with Gasteiger partial charge in [-0.25, -0.2) is 0 Å². The second-order valence-corrected chi connectivity index (χ2v) is 4.89. The minimum Gasteiger partial charge on any atom is -0.398 e. The summed E-state index contributed by atoms with van der Waals surface area (Å²) in [7, 11) is 0. The maximum Gasteiger partial charge on any atom is 0.206 e. The van der Waals surface area contributed by atoms with Crippen LogP contribution in [0, 0.1) is 0 Å². The van der Waals surface area contributed by atoms with Gasteiger partial charge >= 0.3 is 0 Å². The number of benzene rings is 2. The van der Waals surface area contributed by atoms with Crippen LogP contribution in [-0.2, 0) is 0 Å². The van der Waals surface area contributed by atoms with Crippen LogP contribution >= 0.6 is 0 Å². The number of hydrogen-bond acceptors (Lipinski definition) is 6. The van der Waals surface area contributed by atoms with E-state index in [2.05, 4.69) is 20.6 Å². The molecule has 0 atom stereocenters. The summed E-state index contributed by atoms with van der Waals surface area (Å²) >= 11 is 0. The van der Waals surface area contributed by atoms with Crippen LogP contribution in [0.1, 0.15) is 31.8 Å². The van der Waals surface area contributed by atoms with Gasteiger partial charge < -0.3 is 5.73 Å². The van der Waals surface area contributed by atoms with Crippen molar-refractivity contribution in [3.63, 3.8) is 0 Å². The number of ketones is 2. The molecule has 0 fully saturated rings. The normalized spacial score (nSPS) is 12.9. The highest BCUT2D eigenvalue weighted by molar-refractivity contribution is 6.30. The highest BCUT2D eigenvalue weighted by atomic mass is 16.1. The Bertz CT molecular complexity index is 931. The molecule has 7 heteroatoms. The molecule has 1 aliphatic carbocycles. The van der Waals surface area contributed by atoms with Gasteiger partial charge in [0.1, 0.15) is 0 Å². The van der Waals surface area contributed by atoms with E-state index in [4.69, 9.17) is 5.73 Å². The number of aromatic amines is 1. The van der Waals surface area contributed by atoms with E-state index >= 15 is 0 Å². The molecular formula is C15H9N5O2. The van der Waals surface area contributed by atoms with Gasteiger partial charge in [0.05, 0.1) is 11.3 Å². The Morgan fingerprint density at radius 2 is 1.55 bits per heavy atom. The fraction of sp³-hybridized carbons (Fsp3) is 0. The van der Waals surface area contributed by atoms with E-state index < -0.39 is 0 Å². The Morgan fingerprint density at radius 3 is 2.23 bits per heavy atom. The van der Waals surface area contributed by atoms with Crippen LogP contribution < -0.4 is 5.73 Å². The summed E-state index contributed by atoms with van der Waals surface area (Å²) in [6.45, 7) is 0. The number of nitrogens with one attached hydrogen (secondary N) is 1. The van der Waals surface area contributed by atoms with Gasteiger partial charge in [-0.3, -0.25) is 9.59 Å². The summed E-state index contributed by atoms with van der Waals surface area (Å²) in [5, 5.41) is 13.5. The highest BCUT2D eigenvalue weighted by Crippen LogP contribution is 2.35. The van der Waals surface area contributed by atoms with Crippen molar-refractivity contribution in [3.8, 4) is 11.4 Å². The zero-order chi connectivity index (χ0) is 15.3. The van der Waals surface area contributed by atoms with Gasteiger partial charge in [0.2, 0.25) is 5.82 Å². The van der Waals surface area contributed by atoms with Crippen molar-refractivity contribution in [1.82, 2.24) is 20.6 Å². The van der Waals surface area contributed by atoms with Crippen molar-refractivity contribution in [2.24, 2.45) is 0 Å². The van der Waals surface area contributed by atoms with Gasteiger partial charge in [-0.2, -0.15) is 5.21 Å². The van der Waals surface area contributed by atoms with Crippen LogP contribution in [0.25, 0.3) is 11.4 Å². The lowest BCUT2D eigenvalue weighted by molar-refractivity contribution is 0.0980. The number of rotatable bonds is 1. The number of nitrogens with zero attached hydrogens (tertiary/aromatic N) is 3. The third kappa shape index (κ3) is 1.53. The molecule has 2 aromatic carbocycles. The molecule has 0 unspecified atom stereocenters. The van der Waals surface area contributed by atoms with Crippen molar-refractivity contribution in [2.75, 3.05) is 5.73 Å². The Kier molecular flexibility index (Phi) is 2.43. The Morgan fingerprint density at radius 1 is 0.864 bits per heavy atom. The molecule has 1 aliphatic rings. The third-order valence-electron chi connectivity index (χ3n) is 3.72. The molecule has 3 aromatic rings. The van der Waals surface area contributed by atoms with Gasteiger partial charge in [0.25, 0.3) is 0 Å². The lowest BCUT2D eigenvalue weighted by Crippen LogP contribution is -2.22. The van der Waals surface area contributed by atoms with Crippen molar-refractivity contribution in [2.45, 2.75) is 0 Å². The fourth-order valence-electron chi connectivity index (χ4n) is 2.68. The standard InChI is InChI=1S/C15H9N5O2/c16-12-10(15-17-19-20-18-15)6-5-9-11(12)14(22)8-4-2-1-3-7(8)13(9)21/h1-6H,16H2,(H,17,18,19,20). The monoisotopic (exact) mass is 291 g/mol. The average molecular weight is 291 g/mol. The minimum atomic E-state index is -0.270. The van der Waals surface area contributed by atoms with E-state index in [9.17, 15) is 9.59 Å². The molecule has 0 bridgehead atoms. The first kappa shape index (κ1) is 12.4. The Balaban J connectivity index is 2.00. The molecule has 0 spiro atoms. The van der Waals surface area contributed by atoms with E-state index in [-0.39, 0.29) is 28.6 Å². The first-order valence-electron chi connectivity index (χ1n) is 6.53. The molecule has 0 radical (unpaired) electrons. The van der Waals surface area contributed by atoms with Gasteiger partial charge in [-0.1, -0.05) is 24.3 Å². The van der Waals surface area contributed by atoms with E-state index in [0.29, 0.717) is 22.3 Å². The molecule has 0 saturated carbocycles. The van der Waals surface area contributed by atoms with Crippen molar-refractivity contribution >= 4 is 17.3 Å². The number of carbonyl (C=O) groups is 2. The molecule has 1 heterocycles. The summed E-state index contributed by atoms with van der Waals surface area (Å²) in [5.41, 5.74) is 8.02. The zero-order valence-electron chi connectivity index (χ0n) is 11.2. The van der Waals surface area contributed by atoms with Crippen LogP contribution in [0.15, 0.2) is 36.4 Å².